The third kappa shape index (κ3) is 10.0. The van der Waals surface area contributed by atoms with Crippen molar-refractivity contribution in [1.82, 2.24) is 0 Å². The van der Waals surface area contributed by atoms with Crippen LogP contribution in [0.3, 0.4) is 0 Å². The maximum atomic E-state index is 4.10. The van der Waals surface area contributed by atoms with Gasteiger partial charge in [-0.15, -0.1) is 0 Å². The molecule has 0 unspecified atom stereocenters. The monoisotopic (exact) mass is 128 g/mol. The van der Waals surface area contributed by atoms with Crippen molar-refractivity contribution >= 4 is 7.69 Å². The summed E-state index contributed by atoms with van der Waals surface area (Å²) in [6.07, 6.45) is 0. The van der Waals surface area contributed by atoms with Gasteiger partial charge in [-0.2, -0.15) is 0 Å². The van der Waals surface area contributed by atoms with Gasteiger partial charge in [-0.3, -0.25) is 9.78 Å². The van der Waals surface area contributed by atoms with E-state index in [1.54, 1.807) is 0 Å². The zero-order valence-corrected chi connectivity index (χ0v) is 7.21. The minimum atomic E-state index is 0. The first-order valence-electron chi connectivity index (χ1n) is 1.62. The van der Waals surface area contributed by atoms with E-state index < -0.39 is 0 Å². The molecule has 0 aliphatic heterocycles. The molecule has 0 N–H and O–H groups in total. The van der Waals surface area contributed by atoms with Crippen LogP contribution in [0, 0.1) is 0 Å². The molecule has 6 heteroatoms. The molecule has 4 nitrogen and oxygen atoms in total. The molecule has 0 spiro atoms. The van der Waals surface area contributed by atoms with E-state index in [0.717, 1.165) is 7.69 Å². The molecule has 0 bridgehead atoms. The Bertz CT molecular complexity index is 33.2. The first-order chi connectivity index (χ1) is 3.41. The van der Waals surface area contributed by atoms with E-state index in [9.17, 15) is 0 Å². The Balaban J connectivity index is 0. The molecule has 0 aromatic carbocycles. The van der Waals surface area contributed by atoms with Gasteiger partial charge in [0.05, 0.1) is 21.9 Å². The van der Waals surface area contributed by atoms with Gasteiger partial charge in [0.2, 0.25) is 0 Å². The predicted molar refractivity (Wildman–Crippen MR) is 21.9 cm³/mol. The second-order valence-electron chi connectivity index (χ2n) is 0.622. The Morgan fingerprint density at radius 3 is 1.62 bits per heavy atom. The standard InChI is InChI=1S/C2H6BO4.Na/c1-4-6-3-7-5-2;/h1-2H3;/q-1;+1. The Labute approximate surface area is 70.9 Å². The van der Waals surface area contributed by atoms with E-state index in [1.165, 1.54) is 14.2 Å². The van der Waals surface area contributed by atoms with E-state index in [2.05, 4.69) is 19.4 Å². The summed E-state index contributed by atoms with van der Waals surface area (Å²) < 4.78 is 0. The normalized spacial score (nSPS) is 8.25. The van der Waals surface area contributed by atoms with Gasteiger partial charge in [-0.05, 0) is 0 Å². The van der Waals surface area contributed by atoms with Gasteiger partial charge in [0.25, 0.3) is 0 Å². The minimum Gasteiger partial charge on any atom is -0.492 e. The molecule has 0 aliphatic carbocycles. The summed E-state index contributed by atoms with van der Waals surface area (Å²) in [4.78, 5) is 16.4. The molecule has 8 heavy (non-hydrogen) atoms. The minimum absolute atomic E-state index is 0. The maximum absolute atomic E-state index is 4.10. The van der Waals surface area contributed by atoms with E-state index in [0.29, 0.717) is 0 Å². The van der Waals surface area contributed by atoms with Gasteiger partial charge in [0, 0.05) is 0 Å². The summed E-state index contributed by atoms with van der Waals surface area (Å²) in [6.45, 7) is 0. The van der Waals surface area contributed by atoms with Crippen LogP contribution in [0.15, 0.2) is 0 Å². The van der Waals surface area contributed by atoms with Crippen LogP contribution in [0.2, 0.25) is 0 Å². The molecule has 42 valence electrons. The molecule has 0 atom stereocenters. The van der Waals surface area contributed by atoms with Crippen molar-refractivity contribution in [2.75, 3.05) is 14.2 Å². The van der Waals surface area contributed by atoms with Crippen molar-refractivity contribution in [1.29, 1.82) is 0 Å². The zero-order chi connectivity index (χ0) is 5.54. The van der Waals surface area contributed by atoms with Crippen molar-refractivity contribution in [3.05, 3.63) is 0 Å². The molecular weight excluding hydrogens is 122 g/mol. The topological polar surface area (TPSA) is 36.9 Å². The van der Waals surface area contributed by atoms with Crippen LogP contribution < -0.4 is 29.6 Å². The molecule has 0 aliphatic rings. The van der Waals surface area contributed by atoms with E-state index in [4.69, 9.17) is 0 Å². The number of rotatable bonds is 4. The van der Waals surface area contributed by atoms with Gasteiger partial charge in [0.1, 0.15) is 0 Å². The SMILES string of the molecule is COO[B-]OOC.[Na+]. The number of hydrogen-bond acceptors (Lipinski definition) is 4. The largest absolute Gasteiger partial charge is 1.00 e. The molecule has 0 amide bonds. The first kappa shape index (κ1) is 11.7. The summed E-state index contributed by atoms with van der Waals surface area (Å²) in [7, 11) is 3.63. The van der Waals surface area contributed by atoms with Crippen molar-refractivity contribution < 1.29 is 48.9 Å². The Kier molecular flexibility index (Phi) is 15.8. The van der Waals surface area contributed by atoms with E-state index >= 15 is 0 Å². The van der Waals surface area contributed by atoms with Gasteiger partial charge >= 0.3 is 29.6 Å². The summed E-state index contributed by atoms with van der Waals surface area (Å²) in [5.74, 6) is 0. The van der Waals surface area contributed by atoms with E-state index in [1.807, 2.05) is 0 Å². The molecule has 2 radical (unpaired) electrons. The third-order valence-corrected chi connectivity index (χ3v) is 0.271. The fraction of sp³-hybridized carbons (Fsp3) is 1.00. The fourth-order valence-electron chi connectivity index (χ4n) is 0.0946. The van der Waals surface area contributed by atoms with Gasteiger partial charge in [-0.25, -0.2) is 0 Å². The summed E-state index contributed by atoms with van der Waals surface area (Å²) >= 11 is 0. The van der Waals surface area contributed by atoms with Crippen LogP contribution >= 0.6 is 0 Å². The van der Waals surface area contributed by atoms with Crippen molar-refractivity contribution in [3.8, 4) is 0 Å². The summed E-state index contributed by atoms with van der Waals surface area (Å²) in [5.41, 5.74) is 0. The van der Waals surface area contributed by atoms with Crippen LogP contribution in [0.4, 0.5) is 0 Å². The Morgan fingerprint density at radius 2 is 1.38 bits per heavy atom. The van der Waals surface area contributed by atoms with Crippen LogP contribution in [-0.2, 0) is 19.4 Å². The Morgan fingerprint density at radius 1 is 1.00 bits per heavy atom. The molecule has 0 rings (SSSR count). The predicted octanol–water partition coefficient (Wildman–Crippen LogP) is -3.32. The molecule has 0 saturated heterocycles. The molecule has 0 fully saturated rings. The van der Waals surface area contributed by atoms with Crippen LogP contribution in [0.1, 0.15) is 0 Å². The van der Waals surface area contributed by atoms with Gasteiger partial charge < -0.3 is 9.61 Å². The maximum Gasteiger partial charge on any atom is 1.00 e. The smallest absolute Gasteiger partial charge is 0.492 e. The van der Waals surface area contributed by atoms with Crippen LogP contribution in [0.5, 0.6) is 0 Å². The molecule has 0 aromatic rings. The molecular formula is C2H6BNaO4. The second kappa shape index (κ2) is 10.8. The summed E-state index contributed by atoms with van der Waals surface area (Å²) in [5, 5.41) is 0. The Hall–Kier alpha value is 0.905. The van der Waals surface area contributed by atoms with Crippen molar-refractivity contribution in [2.24, 2.45) is 0 Å². The fourth-order valence-corrected chi connectivity index (χ4v) is 0.0946. The van der Waals surface area contributed by atoms with Crippen LogP contribution in [0.25, 0.3) is 0 Å². The molecule has 0 aromatic heterocycles. The first-order valence-corrected chi connectivity index (χ1v) is 1.62. The molecule has 0 saturated carbocycles. The van der Waals surface area contributed by atoms with Gasteiger partial charge in [-0.1, -0.05) is 0 Å². The number of hydrogen-bond donors (Lipinski definition) is 0. The quantitative estimate of drug-likeness (QED) is 0.172. The summed E-state index contributed by atoms with van der Waals surface area (Å²) in [6, 6.07) is 0. The van der Waals surface area contributed by atoms with Crippen molar-refractivity contribution in [2.45, 2.75) is 0 Å². The third-order valence-electron chi connectivity index (χ3n) is 0.271. The van der Waals surface area contributed by atoms with Crippen molar-refractivity contribution in [3.63, 3.8) is 0 Å². The zero-order valence-electron chi connectivity index (χ0n) is 5.21. The molecule has 0 heterocycles. The second-order valence-corrected chi connectivity index (χ2v) is 0.622. The average Bonchev–Trinajstić information content (AvgIpc) is 1.69. The van der Waals surface area contributed by atoms with E-state index in [-0.39, 0.29) is 29.6 Å². The van der Waals surface area contributed by atoms with Gasteiger partial charge in [0.15, 0.2) is 0 Å². The average molecular weight is 128 g/mol. The van der Waals surface area contributed by atoms with Crippen LogP contribution in [-0.4, -0.2) is 21.9 Å².